The van der Waals surface area contributed by atoms with Crippen LogP contribution in [0.5, 0.6) is 0 Å². The summed E-state index contributed by atoms with van der Waals surface area (Å²) in [5.41, 5.74) is 8.03. The van der Waals surface area contributed by atoms with E-state index >= 15 is 0 Å². The molecule has 8 heteroatoms. The Morgan fingerprint density at radius 3 is 2.48 bits per heavy atom. The second-order valence-electron chi connectivity index (χ2n) is 7.58. The van der Waals surface area contributed by atoms with E-state index in [4.69, 9.17) is 5.73 Å². The second kappa shape index (κ2) is 8.45. The number of para-hydroxylation sites is 1. The summed E-state index contributed by atoms with van der Waals surface area (Å²) in [5.74, 6) is 0.854. The van der Waals surface area contributed by atoms with Crippen molar-refractivity contribution >= 4 is 28.4 Å². The minimum absolute atomic E-state index is 0.246. The van der Waals surface area contributed by atoms with Crippen molar-refractivity contribution in [2.75, 3.05) is 18.1 Å². The minimum atomic E-state index is -0.469. The molecular formula is C23H26F2N5S+. The third-order valence-electron chi connectivity index (χ3n) is 5.53. The van der Waals surface area contributed by atoms with Gasteiger partial charge >= 0.3 is 0 Å². The third kappa shape index (κ3) is 3.75. The zero-order chi connectivity index (χ0) is 22.2. The molecule has 0 amide bonds. The predicted molar refractivity (Wildman–Crippen MR) is 124 cm³/mol. The third-order valence-corrected chi connectivity index (χ3v) is 6.92. The van der Waals surface area contributed by atoms with Crippen LogP contribution in [0, 0.1) is 25.5 Å². The smallest absolute Gasteiger partial charge is 0.187 e. The molecule has 3 aromatic rings. The first-order valence-electron chi connectivity index (χ1n) is 10.2. The highest BCUT2D eigenvalue weighted by atomic mass is 32.2. The maximum atomic E-state index is 14.7. The van der Waals surface area contributed by atoms with Crippen molar-refractivity contribution in [3.05, 3.63) is 83.4 Å². The molecule has 0 saturated carbocycles. The summed E-state index contributed by atoms with van der Waals surface area (Å²) in [4.78, 5) is 5.29. The molecule has 0 aliphatic carbocycles. The van der Waals surface area contributed by atoms with Crippen LogP contribution < -0.4 is 14.7 Å². The molecule has 162 valence electrons. The SMILES string of the molecule is Cc1nc(C)n(C)c1N1C=C(c2cc(F)ccc2F)S[N+]1(CCCN)c1ccccc1. The number of nitrogens with two attached hydrogens (primary N) is 1. The van der Waals surface area contributed by atoms with Gasteiger partial charge in [0.25, 0.3) is 0 Å². The molecule has 2 heterocycles. The Balaban J connectivity index is 1.95. The molecule has 2 N–H and O–H groups in total. The molecule has 0 saturated heterocycles. The number of aromatic nitrogens is 2. The lowest BCUT2D eigenvalue weighted by molar-refractivity contribution is 0.455. The summed E-state index contributed by atoms with van der Waals surface area (Å²) >= 11 is 1.48. The maximum Gasteiger partial charge on any atom is 0.187 e. The zero-order valence-electron chi connectivity index (χ0n) is 17.8. The first-order valence-corrected chi connectivity index (χ1v) is 10.9. The van der Waals surface area contributed by atoms with Crippen molar-refractivity contribution in [2.45, 2.75) is 20.3 Å². The Labute approximate surface area is 185 Å². The molecule has 2 aromatic carbocycles. The molecule has 1 aromatic heterocycles. The number of nitrogens with zero attached hydrogens (tertiary/aromatic N) is 4. The van der Waals surface area contributed by atoms with Gasteiger partial charge in [-0.2, -0.15) is 5.01 Å². The van der Waals surface area contributed by atoms with Gasteiger partial charge in [0.15, 0.2) is 11.5 Å². The van der Waals surface area contributed by atoms with E-state index in [1.54, 1.807) is 0 Å². The second-order valence-corrected chi connectivity index (χ2v) is 8.81. The molecule has 0 radical (unpaired) electrons. The average molecular weight is 443 g/mol. The van der Waals surface area contributed by atoms with Crippen LogP contribution >= 0.6 is 11.9 Å². The summed E-state index contributed by atoms with van der Waals surface area (Å²) < 4.78 is 31.1. The molecule has 0 spiro atoms. The first kappa shape index (κ1) is 21.5. The number of halogens is 2. The van der Waals surface area contributed by atoms with Gasteiger partial charge < -0.3 is 10.3 Å². The Morgan fingerprint density at radius 2 is 1.84 bits per heavy atom. The van der Waals surface area contributed by atoms with Gasteiger partial charge in [0, 0.05) is 31.2 Å². The van der Waals surface area contributed by atoms with Gasteiger partial charge in [0.05, 0.1) is 11.9 Å². The van der Waals surface area contributed by atoms with Gasteiger partial charge in [-0.05, 0) is 38.6 Å². The summed E-state index contributed by atoms with van der Waals surface area (Å²) in [5, 5.41) is 2.10. The number of hydrogen-bond donors (Lipinski definition) is 1. The molecule has 1 atom stereocenters. The van der Waals surface area contributed by atoms with Crippen LogP contribution in [-0.4, -0.2) is 22.6 Å². The standard InChI is InChI=1S/C23H26F2N5S/c1-16-23(28(3)17(2)27-16)29-15-22(20-14-18(24)10-11-21(20)25)31-30(29,13-7-12-26)19-8-5-4-6-9-19/h4-6,8-11,14-15H,7,12-13,26H2,1-3H3/q+1. The van der Waals surface area contributed by atoms with Crippen molar-refractivity contribution in [3.8, 4) is 0 Å². The van der Waals surface area contributed by atoms with Crippen molar-refractivity contribution in [1.82, 2.24) is 13.5 Å². The van der Waals surface area contributed by atoms with Crippen molar-refractivity contribution in [2.24, 2.45) is 12.8 Å². The van der Waals surface area contributed by atoms with Crippen molar-refractivity contribution in [1.29, 1.82) is 0 Å². The van der Waals surface area contributed by atoms with Crippen LogP contribution in [0.1, 0.15) is 23.5 Å². The fourth-order valence-electron chi connectivity index (χ4n) is 3.96. The number of anilines is 1. The van der Waals surface area contributed by atoms with E-state index in [1.807, 2.05) is 62.0 Å². The van der Waals surface area contributed by atoms with E-state index < -0.39 is 11.6 Å². The van der Waals surface area contributed by atoms with E-state index in [0.29, 0.717) is 22.0 Å². The molecule has 0 bridgehead atoms. The molecule has 1 unspecified atom stereocenters. The van der Waals surface area contributed by atoms with Gasteiger partial charge in [-0.15, -0.1) is 4.00 Å². The van der Waals surface area contributed by atoms with E-state index in [0.717, 1.165) is 35.5 Å². The molecular weight excluding hydrogens is 416 g/mol. The van der Waals surface area contributed by atoms with Gasteiger partial charge in [0.2, 0.25) is 0 Å². The Morgan fingerprint density at radius 1 is 1.10 bits per heavy atom. The summed E-state index contributed by atoms with van der Waals surface area (Å²) in [6.45, 7) is 5.11. The van der Waals surface area contributed by atoms with E-state index in [9.17, 15) is 8.78 Å². The molecule has 31 heavy (non-hydrogen) atoms. The lowest BCUT2D eigenvalue weighted by Gasteiger charge is -2.38. The van der Waals surface area contributed by atoms with E-state index in [2.05, 4.69) is 9.99 Å². The zero-order valence-corrected chi connectivity index (χ0v) is 18.7. The van der Waals surface area contributed by atoms with Crippen LogP contribution in [-0.2, 0) is 7.05 Å². The summed E-state index contributed by atoms with van der Waals surface area (Å²) in [7, 11) is 1.96. The molecule has 0 fully saturated rings. The van der Waals surface area contributed by atoms with Gasteiger partial charge in [-0.3, -0.25) is 0 Å². The lowest BCUT2D eigenvalue weighted by Crippen LogP contribution is -2.53. The molecule has 1 aliphatic rings. The van der Waals surface area contributed by atoms with Crippen molar-refractivity contribution < 1.29 is 8.78 Å². The number of imidazole rings is 1. The predicted octanol–water partition coefficient (Wildman–Crippen LogP) is 5.05. The average Bonchev–Trinajstić information content (AvgIpc) is 3.26. The number of quaternary nitrogens is 1. The normalized spacial score (nSPS) is 18.5. The summed E-state index contributed by atoms with van der Waals surface area (Å²) in [6, 6.07) is 13.6. The summed E-state index contributed by atoms with van der Waals surface area (Å²) in [6.07, 6.45) is 2.65. The van der Waals surface area contributed by atoms with E-state index in [-0.39, 0.29) is 5.56 Å². The highest BCUT2D eigenvalue weighted by Gasteiger charge is 2.48. The van der Waals surface area contributed by atoms with Gasteiger partial charge in [-0.1, -0.05) is 18.2 Å². The van der Waals surface area contributed by atoms with Crippen LogP contribution in [0.15, 0.2) is 54.7 Å². The number of rotatable bonds is 6. The Kier molecular flexibility index (Phi) is 5.88. The molecule has 5 nitrogen and oxygen atoms in total. The van der Waals surface area contributed by atoms with Gasteiger partial charge in [-0.25, -0.2) is 13.8 Å². The largest absolute Gasteiger partial charge is 0.330 e. The van der Waals surface area contributed by atoms with Gasteiger partial charge in [0.1, 0.15) is 40.9 Å². The quantitative estimate of drug-likeness (QED) is 0.429. The topological polar surface area (TPSA) is 47.1 Å². The Hall–Kier alpha value is -2.68. The highest BCUT2D eigenvalue weighted by Crippen LogP contribution is 2.51. The van der Waals surface area contributed by atoms with Crippen LogP contribution in [0.3, 0.4) is 0 Å². The number of benzene rings is 2. The van der Waals surface area contributed by atoms with E-state index in [1.165, 1.54) is 24.1 Å². The monoisotopic (exact) mass is 442 g/mol. The van der Waals surface area contributed by atoms with Crippen LogP contribution in [0.25, 0.3) is 4.91 Å². The first-order chi connectivity index (χ1) is 14.9. The molecule has 4 rings (SSSR count). The fourth-order valence-corrected chi connectivity index (χ4v) is 5.35. The Bertz CT molecular complexity index is 1130. The fraction of sp³-hybridized carbons (Fsp3) is 0.261. The van der Waals surface area contributed by atoms with Crippen LogP contribution in [0.2, 0.25) is 0 Å². The molecule has 1 aliphatic heterocycles. The number of hydrogen-bond acceptors (Lipinski definition) is 4. The lowest BCUT2D eigenvalue weighted by atomic mass is 10.2. The van der Waals surface area contributed by atoms with Crippen LogP contribution in [0.4, 0.5) is 20.3 Å². The maximum absolute atomic E-state index is 14.7. The highest BCUT2D eigenvalue weighted by molar-refractivity contribution is 8.08. The number of aryl methyl sites for hydroxylation is 2. The van der Waals surface area contributed by atoms with Crippen molar-refractivity contribution in [3.63, 3.8) is 0 Å². The minimum Gasteiger partial charge on any atom is -0.330 e.